The Hall–Kier alpha value is -2.42. The maximum Gasteiger partial charge on any atom is 0.142 e. The largest absolute Gasteiger partial charge is 0.508 e. The minimum absolute atomic E-state index is 0.154. The van der Waals surface area contributed by atoms with Crippen molar-refractivity contribution < 1.29 is 14.6 Å². The molecule has 0 bridgehead atoms. The Morgan fingerprint density at radius 1 is 0.944 bits per heavy atom. The van der Waals surface area contributed by atoms with Crippen molar-refractivity contribution >= 4 is 11.0 Å². The zero-order valence-corrected chi connectivity index (χ0v) is 9.84. The molecule has 0 amide bonds. The lowest BCUT2D eigenvalue weighted by molar-refractivity contribution is 0.474. The number of fused-ring (bicyclic) bond motifs is 1. The van der Waals surface area contributed by atoms with E-state index >= 15 is 0 Å². The number of phenols is 2. The topological polar surface area (TPSA) is 53.6 Å². The summed E-state index contributed by atoms with van der Waals surface area (Å²) in [6.45, 7) is 1.85. The third kappa shape index (κ3) is 1.61. The smallest absolute Gasteiger partial charge is 0.142 e. The highest BCUT2D eigenvalue weighted by Gasteiger charge is 2.13. The van der Waals surface area contributed by atoms with Gasteiger partial charge in [-0.1, -0.05) is 18.2 Å². The lowest BCUT2D eigenvalue weighted by Crippen LogP contribution is -1.80. The third-order valence-electron chi connectivity index (χ3n) is 2.92. The van der Waals surface area contributed by atoms with Gasteiger partial charge in [-0.05, 0) is 31.2 Å². The van der Waals surface area contributed by atoms with E-state index in [2.05, 4.69) is 0 Å². The van der Waals surface area contributed by atoms with Crippen molar-refractivity contribution in [3.8, 4) is 22.6 Å². The molecule has 0 radical (unpaired) electrons. The molecule has 1 aromatic heterocycles. The van der Waals surface area contributed by atoms with Crippen LogP contribution in [0.5, 0.6) is 11.5 Å². The number of phenolic OH excluding ortho intramolecular Hbond substituents is 2. The molecule has 3 rings (SSSR count). The van der Waals surface area contributed by atoms with Crippen molar-refractivity contribution in [2.75, 3.05) is 0 Å². The van der Waals surface area contributed by atoms with Crippen LogP contribution in [0.3, 0.4) is 0 Å². The van der Waals surface area contributed by atoms with Crippen molar-refractivity contribution in [3.05, 3.63) is 48.2 Å². The number of benzene rings is 2. The van der Waals surface area contributed by atoms with Crippen LogP contribution in [-0.4, -0.2) is 10.2 Å². The van der Waals surface area contributed by atoms with E-state index in [9.17, 15) is 10.2 Å². The minimum atomic E-state index is 0.154. The van der Waals surface area contributed by atoms with Crippen molar-refractivity contribution in [1.29, 1.82) is 0 Å². The van der Waals surface area contributed by atoms with E-state index in [1.807, 2.05) is 19.1 Å². The molecule has 3 aromatic rings. The van der Waals surface area contributed by atoms with Crippen molar-refractivity contribution in [2.45, 2.75) is 6.92 Å². The lowest BCUT2D eigenvalue weighted by Gasteiger charge is -2.06. The SMILES string of the molecule is Cc1cc2cc(O)cc(-c3ccccc3O)c2o1. The lowest BCUT2D eigenvalue weighted by atomic mass is 10.0. The van der Waals surface area contributed by atoms with Gasteiger partial charge >= 0.3 is 0 Å². The van der Waals surface area contributed by atoms with E-state index in [0.29, 0.717) is 16.7 Å². The first-order valence-corrected chi connectivity index (χ1v) is 5.66. The second-order valence-corrected chi connectivity index (χ2v) is 4.29. The molecule has 0 saturated heterocycles. The maximum atomic E-state index is 9.90. The Morgan fingerprint density at radius 2 is 1.72 bits per heavy atom. The number of para-hydroxylation sites is 1. The third-order valence-corrected chi connectivity index (χ3v) is 2.92. The van der Waals surface area contributed by atoms with E-state index in [1.165, 1.54) is 0 Å². The normalized spacial score (nSPS) is 10.9. The standard InChI is InChI=1S/C15H12O3/c1-9-6-10-7-11(16)8-13(15(10)18-9)12-4-2-3-5-14(12)17/h2-8,16-17H,1H3. The molecule has 0 saturated carbocycles. The van der Waals surface area contributed by atoms with Gasteiger partial charge in [-0.15, -0.1) is 0 Å². The summed E-state index contributed by atoms with van der Waals surface area (Å²) in [5, 5.41) is 20.5. The average molecular weight is 240 g/mol. The van der Waals surface area contributed by atoms with Crippen LogP contribution in [0.2, 0.25) is 0 Å². The van der Waals surface area contributed by atoms with Gasteiger partial charge in [0.1, 0.15) is 22.8 Å². The minimum Gasteiger partial charge on any atom is -0.508 e. The molecule has 18 heavy (non-hydrogen) atoms. The molecule has 0 unspecified atom stereocenters. The number of rotatable bonds is 1. The van der Waals surface area contributed by atoms with Gasteiger partial charge < -0.3 is 14.6 Å². The van der Waals surface area contributed by atoms with Gasteiger partial charge in [0.15, 0.2) is 0 Å². The highest BCUT2D eigenvalue weighted by Crippen LogP contribution is 2.38. The molecule has 0 fully saturated rings. The monoisotopic (exact) mass is 240 g/mol. The van der Waals surface area contributed by atoms with Crippen LogP contribution >= 0.6 is 0 Å². The molecular formula is C15H12O3. The second-order valence-electron chi connectivity index (χ2n) is 4.29. The number of aryl methyl sites for hydroxylation is 1. The van der Waals surface area contributed by atoms with Crippen molar-refractivity contribution in [1.82, 2.24) is 0 Å². The van der Waals surface area contributed by atoms with Crippen LogP contribution in [0.25, 0.3) is 22.1 Å². The first-order valence-electron chi connectivity index (χ1n) is 5.66. The maximum absolute atomic E-state index is 9.90. The van der Waals surface area contributed by atoms with Gasteiger partial charge in [-0.2, -0.15) is 0 Å². The van der Waals surface area contributed by atoms with Crippen LogP contribution in [0.4, 0.5) is 0 Å². The molecular weight excluding hydrogens is 228 g/mol. The van der Waals surface area contributed by atoms with Crippen LogP contribution < -0.4 is 0 Å². The van der Waals surface area contributed by atoms with Gasteiger partial charge in [-0.3, -0.25) is 0 Å². The molecule has 1 heterocycles. The molecule has 2 aromatic carbocycles. The average Bonchev–Trinajstić information content (AvgIpc) is 2.69. The van der Waals surface area contributed by atoms with Crippen molar-refractivity contribution in [2.24, 2.45) is 0 Å². The zero-order chi connectivity index (χ0) is 12.7. The fourth-order valence-electron chi connectivity index (χ4n) is 2.17. The molecule has 0 aliphatic rings. The fraction of sp³-hybridized carbons (Fsp3) is 0.0667. The Kier molecular flexibility index (Phi) is 2.27. The van der Waals surface area contributed by atoms with E-state index in [-0.39, 0.29) is 11.5 Å². The molecule has 0 aliphatic carbocycles. The van der Waals surface area contributed by atoms with Gasteiger partial charge in [0.2, 0.25) is 0 Å². The van der Waals surface area contributed by atoms with E-state index in [4.69, 9.17) is 4.42 Å². The highest BCUT2D eigenvalue weighted by atomic mass is 16.3. The Morgan fingerprint density at radius 3 is 2.50 bits per heavy atom. The zero-order valence-electron chi connectivity index (χ0n) is 9.84. The fourth-order valence-corrected chi connectivity index (χ4v) is 2.17. The molecule has 90 valence electrons. The van der Waals surface area contributed by atoms with E-state index < -0.39 is 0 Å². The summed E-state index contributed by atoms with van der Waals surface area (Å²) < 4.78 is 5.64. The predicted octanol–water partition coefficient (Wildman–Crippen LogP) is 3.82. The number of hydrogen-bond acceptors (Lipinski definition) is 3. The summed E-state index contributed by atoms with van der Waals surface area (Å²) in [6, 6.07) is 12.1. The molecule has 3 heteroatoms. The highest BCUT2D eigenvalue weighted by molar-refractivity contribution is 5.95. The Bertz CT molecular complexity index is 726. The molecule has 2 N–H and O–H groups in total. The van der Waals surface area contributed by atoms with Gasteiger partial charge in [-0.25, -0.2) is 0 Å². The first kappa shape index (κ1) is 10.7. The van der Waals surface area contributed by atoms with E-state index in [1.54, 1.807) is 30.3 Å². The first-order chi connectivity index (χ1) is 8.65. The quantitative estimate of drug-likeness (QED) is 0.679. The molecule has 3 nitrogen and oxygen atoms in total. The van der Waals surface area contributed by atoms with Crippen LogP contribution in [0, 0.1) is 6.92 Å². The number of furan rings is 1. The Labute approximate surface area is 104 Å². The summed E-state index contributed by atoms with van der Waals surface area (Å²) >= 11 is 0. The van der Waals surface area contributed by atoms with Gasteiger partial charge in [0, 0.05) is 16.5 Å². The number of hydrogen-bond donors (Lipinski definition) is 2. The summed E-state index contributed by atoms with van der Waals surface area (Å²) in [7, 11) is 0. The summed E-state index contributed by atoms with van der Waals surface area (Å²) in [5.41, 5.74) is 2.01. The predicted molar refractivity (Wildman–Crippen MR) is 69.7 cm³/mol. The molecule has 0 aliphatic heterocycles. The Balaban J connectivity index is 2.38. The summed E-state index contributed by atoms with van der Waals surface area (Å²) in [4.78, 5) is 0. The van der Waals surface area contributed by atoms with E-state index in [0.717, 1.165) is 11.1 Å². The molecule has 0 atom stereocenters. The summed E-state index contributed by atoms with van der Waals surface area (Å²) in [5.74, 6) is 1.09. The number of aromatic hydroxyl groups is 2. The van der Waals surface area contributed by atoms with Crippen molar-refractivity contribution in [3.63, 3.8) is 0 Å². The van der Waals surface area contributed by atoms with Crippen LogP contribution in [0.1, 0.15) is 5.76 Å². The van der Waals surface area contributed by atoms with Crippen LogP contribution in [0.15, 0.2) is 46.9 Å². The second kappa shape index (κ2) is 3.81. The summed E-state index contributed by atoms with van der Waals surface area (Å²) in [6.07, 6.45) is 0. The van der Waals surface area contributed by atoms with Gasteiger partial charge in [0.05, 0.1) is 0 Å². The molecule has 0 spiro atoms. The van der Waals surface area contributed by atoms with Crippen LogP contribution in [-0.2, 0) is 0 Å². The van der Waals surface area contributed by atoms with Gasteiger partial charge in [0.25, 0.3) is 0 Å².